The molecule has 0 bridgehead atoms. The van der Waals surface area contributed by atoms with Crippen molar-refractivity contribution >= 4 is 52.9 Å². The van der Waals surface area contributed by atoms with E-state index in [9.17, 15) is 9.18 Å². The maximum absolute atomic E-state index is 12.9. The number of aromatic nitrogens is 1. The number of nitrogens with one attached hydrogen (secondary N) is 3. The molecule has 1 aromatic carbocycles. The number of carbonyl (C=O) groups excluding carboxylic acids is 1. The molecule has 0 radical (unpaired) electrons. The fourth-order valence-electron chi connectivity index (χ4n) is 1.98. The van der Waals surface area contributed by atoms with E-state index in [1.165, 1.54) is 29.1 Å². The second-order valence-electron chi connectivity index (χ2n) is 5.18. The van der Waals surface area contributed by atoms with Crippen LogP contribution in [-0.2, 0) is 17.8 Å². The number of nitrogens with zero attached hydrogens (tertiary/aromatic N) is 2. The van der Waals surface area contributed by atoms with Crippen LogP contribution in [0.3, 0.4) is 0 Å². The van der Waals surface area contributed by atoms with Gasteiger partial charge in [-0.1, -0.05) is 6.92 Å². The molecular formula is C17H23FIN5OS. The van der Waals surface area contributed by atoms with Crippen molar-refractivity contribution < 1.29 is 9.18 Å². The Bertz CT molecular complexity index is 720. The van der Waals surface area contributed by atoms with Crippen LogP contribution in [0.1, 0.15) is 23.7 Å². The minimum atomic E-state index is -0.344. The highest BCUT2D eigenvalue weighted by molar-refractivity contribution is 14.0. The summed E-state index contributed by atoms with van der Waals surface area (Å²) in [7, 11) is 0. The molecule has 142 valence electrons. The summed E-state index contributed by atoms with van der Waals surface area (Å²) >= 11 is 1.65. The second kappa shape index (κ2) is 11.8. The smallest absolute Gasteiger partial charge is 0.246 e. The molecule has 0 aliphatic rings. The van der Waals surface area contributed by atoms with Gasteiger partial charge < -0.3 is 16.0 Å². The SMILES string of the molecule is CCNC(=NCC(=O)Nc1ccc(F)cc1)NCc1ncc(CC)s1.I. The first-order valence-electron chi connectivity index (χ1n) is 8.12. The Hall–Kier alpha value is -1.75. The molecule has 0 fully saturated rings. The Labute approximate surface area is 173 Å². The van der Waals surface area contributed by atoms with Crippen LogP contribution in [0.15, 0.2) is 35.5 Å². The van der Waals surface area contributed by atoms with Crippen molar-refractivity contribution in [1.29, 1.82) is 0 Å². The number of amides is 1. The number of rotatable bonds is 7. The molecule has 0 unspecified atom stereocenters. The Morgan fingerprint density at radius 3 is 2.58 bits per heavy atom. The lowest BCUT2D eigenvalue weighted by atomic mass is 10.3. The zero-order valence-electron chi connectivity index (χ0n) is 14.7. The Morgan fingerprint density at radius 1 is 1.23 bits per heavy atom. The molecule has 2 rings (SSSR count). The normalized spacial score (nSPS) is 10.8. The van der Waals surface area contributed by atoms with E-state index in [-0.39, 0.29) is 42.2 Å². The van der Waals surface area contributed by atoms with Gasteiger partial charge in [-0.15, -0.1) is 35.3 Å². The van der Waals surface area contributed by atoms with Crippen LogP contribution in [0.5, 0.6) is 0 Å². The third kappa shape index (κ3) is 7.65. The molecule has 0 spiro atoms. The number of thiazole rings is 1. The average molecular weight is 491 g/mol. The molecule has 1 heterocycles. The van der Waals surface area contributed by atoms with Crippen LogP contribution in [0.2, 0.25) is 0 Å². The summed E-state index contributed by atoms with van der Waals surface area (Å²) in [5.74, 6) is -0.0700. The van der Waals surface area contributed by atoms with Crippen molar-refractivity contribution in [2.75, 3.05) is 18.4 Å². The first-order chi connectivity index (χ1) is 12.1. The number of aliphatic imine (C=N–C) groups is 1. The van der Waals surface area contributed by atoms with E-state index in [4.69, 9.17) is 0 Å². The van der Waals surface area contributed by atoms with Gasteiger partial charge in [-0.2, -0.15) is 0 Å². The molecule has 26 heavy (non-hydrogen) atoms. The van der Waals surface area contributed by atoms with Gasteiger partial charge in [0, 0.05) is 23.3 Å². The van der Waals surface area contributed by atoms with Gasteiger partial charge in [-0.25, -0.2) is 14.4 Å². The van der Waals surface area contributed by atoms with Crippen molar-refractivity contribution in [2.24, 2.45) is 4.99 Å². The highest BCUT2D eigenvalue weighted by Crippen LogP contribution is 2.12. The predicted molar refractivity (Wildman–Crippen MR) is 115 cm³/mol. The summed E-state index contributed by atoms with van der Waals surface area (Å²) in [6.07, 6.45) is 2.84. The van der Waals surface area contributed by atoms with Crippen LogP contribution >= 0.6 is 35.3 Å². The Kier molecular flexibility index (Phi) is 10.1. The van der Waals surface area contributed by atoms with Crippen LogP contribution in [0.25, 0.3) is 0 Å². The minimum Gasteiger partial charge on any atom is -0.357 e. The first kappa shape index (κ1) is 22.3. The number of anilines is 1. The Morgan fingerprint density at radius 2 is 1.96 bits per heavy atom. The monoisotopic (exact) mass is 491 g/mol. The van der Waals surface area contributed by atoms with Gasteiger partial charge in [0.1, 0.15) is 17.4 Å². The molecule has 0 aliphatic carbocycles. The fourth-order valence-corrected chi connectivity index (χ4v) is 2.78. The minimum absolute atomic E-state index is 0. The van der Waals surface area contributed by atoms with Crippen molar-refractivity contribution in [3.05, 3.63) is 46.2 Å². The molecule has 0 saturated heterocycles. The van der Waals surface area contributed by atoms with Crippen molar-refractivity contribution in [3.8, 4) is 0 Å². The van der Waals surface area contributed by atoms with E-state index >= 15 is 0 Å². The van der Waals surface area contributed by atoms with Crippen LogP contribution in [0, 0.1) is 5.82 Å². The maximum Gasteiger partial charge on any atom is 0.246 e. The van der Waals surface area contributed by atoms with Crippen molar-refractivity contribution in [2.45, 2.75) is 26.8 Å². The van der Waals surface area contributed by atoms with E-state index in [2.05, 4.69) is 32.9 Å². The third-order valence-corrected chi connectivity index (χ3v) is 4.35. The summed E-state index contributed by atoms with van der Waals surface area (Å²) in [6, 6.07) is 5.61. The molecule has 0 aliphatic heterocycles. The second-order valence-corrected chi connectivity index (χ2v) is 6.38. The van der Waals surface area contributed by atoms with E-state index in [0.29, 0.717) is 24.7 Å². The number of halogens is 2. The van der Waals surface area contributed by atoms with E-state index < -0.39 is 0 Å². The number of aryl methyl sites for hydroxylation is 1. The van der Waals surface area contributed by atoms with Gasteiger partial charge in [0.05, 0.1) is 6.54 Å². The molecule has 1 amide bonds. The average Bonchev–Trinajstić information content (AvgIpc) is 3.07. The fraction of sp³-hybridized carbons (Fsp3) is 0.353. The zero-order valence-corrected chi connectivity index (χ0v) is 17.9. The summed E-state index contributed by atoms with van der Waals surface area (Å²) < 4.78 is 12.9. The van der Waals surface area contributed by atoms with E-state index in [1.54, 1.807) is 11.3 Å². The molecule has 1 aromatic heterocycles. The van der Waals surface area contributed by atoms with Crippen LogP contribution < -0.4 is 16.0 Å². The highest BCUT2D eigenvalue weighted by Gasteiger charge is 2.05. The maximum atomic E-state index is 12.9. The standard InChI is InChI=1S/C17H22FN5OS.HI/c1-3-14-9-20-16(25-14)11-22-17(19-4-2)21-10-15(24)23-13-7-5-12(18)6-8-13;/h5-9H,3-4,10-11H2,1-2H3,(H,23,24)(H2,19,21,22);1H. The first-order valence-corrected chi connectivity index (χ1v) is 8.93. The molecule has 0 atom stereocenters. The molecule has 0 saturated carbocycles. The highest BCUT2D eigenvalue weighted by atomic mass is 127. The number of benzene rings is 1. The lowest BCUT2D eigenvalue weighted by Crippen LogP contribution is -2.37. The third-order valence-electron chi connectivity index (χ3n) is 3.21. The Balaban J connectivity index is 0.00000338. The summed E-state index contributed by atoms with van der Waals surface area (Å²) in [4.78, 5) is 21.8. The summed E-state index contributed by atoms with van der Waals surface area (Å²) in [5, 5.41) is 9.89. The van der Waals surface area contributed by atoms with Crippen molar-refractivity contribution in [1.82, 2.24) is 15.6 Å². The molecule has 3 N–H and O–H groups in total. The van der Waals surface area contributed by atoms with Gasteiger partial charge >= 0.3 is 0 Å². The van der Waals surface area contributed by atoms with Gasteiger partial charge in [0.15, 0.2) is 5.96 Å². The number of hydrogen-bond donors (Lipinski definition) is 3. The van der Waals surface area contributed by atoms with Gasteiger partial charge in [-0.3, -0.25) is 4.79 Å². The molecule has 2 aromatic rings. The lowest BCUT2D eigenvalue weighted by Gasteiger charge is -2.10. The zero-order chi connectivity index (χ0) is 18.1. The van der Waals surface area contributed by atoms with Gasteiger partial charge in [0.25, 0.3) is 0 Å². The lowest BCUT2D eigenvalue weighted by molar-refractivity contribution is -0.114. The van der Waals surface area contributed by atoms with E-state index in [0.717, 1.165) is 11.4 Å². The quantitative estimate of drug-likeness (QED) is 0.316. The van der Waals surface area contributed by atoms with Crippen LogP contribution in [0.4, 0.5) is 10.1 Å². The number of hydrogen-bond acceptors (Lipinski definition) is 4. The molecular weight excluding hydrogens is 468 g/mol. The van der Waals surface area contributed by atoms with E-state index in [1.807, 2.05) is 13.1 Å². The van der Waals surface area contributed by atoms with Crippen LogP contribution in [-0.4, -0.2) is 29.9 Å². The predicted octanol–water partition coefficient (Wildman–Crippen LogP) is 3.16. The number of guanidine groups is 1. The van der Waals surface area contributed by atoms with Gasteiger partial charge in [-0.05, 0) is 37.6 Å². The molecule has 6 nitrogen and oxygen atoms in total. The topological polar surface area (TPSA) is 78.4 Å². The largest absolute Gasteiger partial charge is 0.357 e. The van der Waals surface area contributed by atoms with Gasteiger partial charge in [0.2, 0.25) is 5.91 Å². The molecule has 9 heteroatoms. The number of carbonyl (C=O) groups is 1. The summed E-state index contributed by atoms with van der Waals surface area (Å²) in [5.41, 5.74) is 0.537. The van der Waals surface area contributed by atoms with Crippen molar-refractivity contribution in [3.63, 3.8) is 0 Å². The summed E-state index contributed by atoms with van der Waals surface area (Å²) in [6.45, 7) is 5.24.